The first-order chi connectivity index (χ1) is 13.8. The number of anilines is 2. The molecule has 29 heavy (non-hydrogen) atoms. The highest BCUT2D eigenvalue weighted by molar-refractivity contribution is 6.02. The third kappa shape index (κ3) is 5.13. The summed E-state index contributed by atoms with van der Waals surface area (Å²) >= 11 is 0. The van der Waals surface area contributed by atoms with Crippen LogP contribution < -0.4 is 16.2 Å². The molecule has 0 aliphatic carbocycles. The molecule has 0 fully saturated rings. The number of amides is 2. The number of hydrogen-bond donors (Lipinski definition) is 2. The van der Waals surface area contributed by atoms with Crippen LogP contribution in [0.15, 0.2) is 59.4 Å². The van der Waals surface area contributed by atoms with E-state index in [2.05, 4.69) is 15.7 Å². The maximum Gasteiger partial charge on any atom is 0.276 e. The molecule has 2 aromatic carbocycles. The lowest BCUT2D eigenvalue weighted by Crippen LogP contribution is -2.31. The van der Waals surface area contributed by atoms with Gasteiger partial charge in [0.25, 0.3) is 11.5 Å². The van der Waals surface area contributed by atoms with E-state index in [9.17, 15) is 18.8 Å². The molecule has 3 rings (SSSR count). The Bertz CT molecular complexity index is 1120. The zero-order valence-corrected chi connectivity index (χ0v) is 15.9. The summed E-state index contributed by atoms with van der Waals surface area (Å²) in [7, 11) is 0. The zero-order valence-electron chi connectivity index (χ0n) is 15.9. The summed E-state index contributed by atoms with van der Waals surface area (Å²) in [6.07, 6.45) is 0. The summed E-state index contributed by atoms with van der Waals surface area (Å²) in [6.45, 7) is 3.12. The Morgan fingerprint density at radius 2 is 1.66 bits per heavy atom. The predicted octanol–water partition coefficient (Wildman–Crippen LogP) is 2.89. The summed E-state index contributed by atoms with van der Waals surface area (Å²) in [6, 6.07) is 13.9. The monoisotopic (exact) mass is 394 g/mol. The van der Waals surface area contributed by atoms with Gasteiger partial charge in [-0.2, -0.15) is 5.10 Å². The van der Waals surface area contributed by atoms with E-state index < -0.39 is 29.7 Å². The molecule has 8 heteroatoms. The van der Waals surface area contributed by atoms with Crippen LogP contribution in [-0.2, 0) is 11.3 Å². The Morgan fingerprint density at radius 3 is 2.34 bits per heavy atom. The second kappa shape index (κ2) is 8.47. The number of rotatable bonds is 5. The molecule has 0 spiro atoms. The fourth-order valence-electron chi connectivity index (χ4n) is 2.52. The largest absolute Gasteiger partial charge is 0.324 e. The smallest absolute Gasteiger partial charge is 0.276 e. The van der Waals surface area contributed by atoms with Gasteiger partial charge in [-0.3, -0.25) is 14.4 Å². The Hall–Kier alpha value is -3.81. The van der Waals surface area contributed by atoms with Crippen molar-refractivity contribution in [3.63, 3.8) is 0 Å². The van der Waals surface area contributed by atoms with E-state index in [0.717, 1.165) is 16.3 Å². The molecule has 148 valence electrons. The van der Waals surface area contributed by atoms with E-state index in [4.69, 9.17) is 0 Å². The highest BCUT2D eigenvalue weighted by Gasteiger charge is 2.13. The SMILES string of the molecule is Cc1ccc(NC(=O)c2ccc(=O)n(CC(=O)Nc3ccc(C)c(F)c3)n2)cc1. The van der Waals surface area contributed by atoms with E-state index in [-0.39, 0.29) is 11.4 Å². The van der Waals surface area contributed by atoms with Crippen molar-refractivity contribution in [1.29, 1.82) is 0 Å². The second-order valence-corrected chi connectivity index (χ2v) is 6.55. The molecule has 0 saturated heterocycles. The quantitative estimate of drug-likeness (QED) is 0.696. The summed E-state index contributed by atoms with van der Waals surface area (Å²) in [5.74, 6) is -1.53. The lowest BCUT2D eigenvalue weighted by molar-refractivity contribution is -0.117. The fourth-order valence-corrected chi connectivity index (χ4v) is 2.52. The molecular formula is C21H19FN4O3. The minimum Gasteiger partial charge on any atom is -0.324 e. The van der Waals surface area contributed by atoms with Gasteiger partial charge in [0.15, 0.2) is 0 Å². The molecule has 7 nitrogen and oxygen atoms in total. The Labute approximate surface area is 166 Å². The molecule has 0 aliphatic rings. The Kier molecular flexibility index (Phi) is 5.82. The van der Waals surface area contributed by atoms with Crippen LogP contribution in [0.25, 0.3) is 0 Å². The van der Waals surface area contributed by atoms with Crippen molar-refractivity contribution in [3.05, 3.63) is 87.6 Å². The number of carbonyl (C=O) groups is 2. The van der Waals surface area contributed by atoms with Crippen molar-refractivity contribution in [2.24, 2.45) is 0 Å². The van der Waals surface area contributed by atoms with Crippen LogP contribution in [-0.4, -0.2) is 21.6 Å². The summed E-state index contributed by atoms with van der Waals surface area (Å²) in [5, 5.41) is 9.13. The number of carbonyl (C=O) groups excluding carboxylic acids is 2. The van der Waals surface area contributed by atoms with Gasteiger partial charge in [-0.15, -0.1) is 0 Å². The molecule has 1 heterocycles. The van der Waals surface area contributed by atoms with Crippen LogP contribution in [0.4, 0.5) is 15.8 Å². The molecule has 2 amide bonds. The van der Waals surface area contributed by atoms with E-state index in [1.807, 2.05) is 19.1 Å². The first-order valence-electron chi connectivity index (χ1n) is 8.84. The standard InChI is InChI=1S/C21H19FN4O3/c1-13-3-6-15(7-4-13)24-21(29)18-9-10-20(28)26(25-18)12-19(27)23-16-8-5-14(2)17(22)11-16/h3-11H,12H2,1-2H3,(H,23,27)(H,24,29). The second-order valence-electron chi connectivity index (χ2n) is 6.55. The van der Waals surface area contributed by atoms with Crippen molar-refractivity contribution in [1.82, 2.24) is 9.78 Å². The molecule has 0 radical (unpaired) electrons. The van der Waals surface area contributed by atoms with Crippen molar-refractivity contribution >= 4 is 23.2 Å². The van der Waals surface area contributed by atoms with E-state index in [1.54, 1.807) is 25.1 Å². The number of halogens is 1. The van der Waals surface area contributed by atoms with Gasteiger partial charge in [0, 0.05) is 17.4 Å². The molecule has 1 aromatic heterocycles. The third-order valence-electron chi connectivity index (χ3n) is 4.16. The highest BCUT2D eigenvalue weighted by atomic mass is 19.1. The Morgan fingerprint density at radius 1 is 0.966 bits per heavy atom. The number of benzene rings is 2. The first kappa shape index (κ1) is 19.9. The highest BCUT2D eigenvalue weighted by Crippen LogP contribution is 2.13. The fraction of sp³-hybridized carbons (Fsp3) is 0.143. The first-order valence-corrected chi connectivity index (χ1v) is 8.84. The average Bonchev–Trinajstić information content (AvgIpc) is 2.68. The molecule has 2 N–H and O–H groups in total. The molecule has 0 saturated carbocycles. The van der Waals surface area contributed by atoms with Crippen LogP contribution in [0.3, 0.4) is 0 Å². The van der Waals surface area contributed by atoms with Crippen LogP contribution in [0.2, 0.25) is 0 Å². The predicted molar refractivity (Wildman–Crippen MR) is 107 cm³/mol. The normalized spacial score (nSPS) is 10.4. The molecule has 0 atom stereocenters. The van der Waals surface area contributed by atoms with Gasteiger partial charge in [-0.25, -0.2) is 9.07 Å². The lowest BCUT2D eigenvalue weighted by atomic mass is 10.2. The molecule has 0 aliphatic heterocycles. The maximum atomic E-state index is 13.6. The number of nitrogens with zero attached hydrogens (tertiary/aromatic N) is 2. The lowest BCUT2D eigenvalue weighted by Gasteiger charge is -2.09. The van der Waals surface area contributed by atoms with Crippen LogP contribution >= 0.6 is 0 Å². The third-order valence-corrected chi connectivity index (χ3v) is 4.16. The van der Waals surface area contributed by atoms with Gasteiger partial charge in [-0.1, -0.05) is 23.8 Å². The molecular weight excluding hydrogens is 375 g/mol. The van der Waals surface area contributed by atoms with E-state index in [1.165, 1.54) is 18.2 Å². The summed E-state index contributed by atoms with van der Waals surface area (Å²) in [4.78, 5) is 36.6. The number of nitrogens with one attached hydrogen (secondary N) is 2. The van der Waals surface area contributed by atoms with Crippen molar-refractivity contribution < 1.29 is 14.0 Å². The molecule has 0 bridgehead atoms. The molecule has 0 unspecified atom stereocenters. The molecule has 3 aromatic rings. The maximum absolute atomic E-state index is 13.6. The van der Waals surface area contributed by atoms with Crippen molar-refractivity contribution in [2.75, 3.05) is 10.6 Å². The average molecular weight is 394 g/mol. The van der Waals surface area contributed by atoms with Crippen LogP contribution in [0.1, 0.15) is 21.6 Å². The van der Waals surface area contributed by atoms with E-state index >= 15 is 0 Å². The van der Waals surface area contributed by atoms with Gasteiger partial charge in [0.05, 0.1) is 0 Å². The topological polar surface area (TPSA) is 93.1 Å². The minimum absolute atomic E-state index is 0.0145. The van der Waals surface area contributed by atoms with Gasteiger partial charge < -0.3 is 10.6 Å². The van der Waals surface area contributed by atoms with Gasteiger partial charge in [-0.05, 0) is 49.7 Å². The van der Waals surface area contributed by atoms with E-state index in [0.29, 0.717) is 11.3 Å². The van der Waals surface area contributed by atoms with Crippen LogP contribution in [0, 0.1) is 19.7 Å². The minimum atomic E-state index is -0.570. The van der Waals surface area contributed by atoms with Gasteiger partial charge in [0.2, 0.25) is 5.91 Å². The summed E-state index contributed by atoms with van der Waals surface area (Å²) in [5.41, 5.74) is 1.79. The zero-order chi connectivity index (χ0) is 21.0. The summed E-state index contributed by atoms with van der Waals surface area (Å²) < 4.78 is 14.5. The van der Waals surface area contributed by atoms with Crippen molar-refractivity contribution in [2.45, 2.75) is 20.4 Å². The van der Waals surface area contributed by atoms with Crippen LogP contribution in [0.5, 0.6) is 0 Å². The van der Waals surface area contributed by atoms with Gasteiger partial charge >= 0.3 is 0 Å². The number of aromatic nitrogens is 2. The number of aryl methyl sites for hydroxylation is 2. The number of hydrogen-bond acceptors (Lipinski definition) is 4. The Balaban J connectivity index is 1.71. The van der Waals surface area contributed by atoms with Crippen molar-refractivity contribution in [3.8, 4) is 0 Å². The van der Waals surface area contributed by atoms with Gasteiger partial charge in [0.1, 0.15) is 18.1 Å².